The molecule has 0 aliphatic heterocycles. The van der Waals surface area contributed by atoms with E-state index < -0.39 is 0 Å². The lowest BCUT2D eigenvalue weighted by atomic mass is 10.1. The fourth-order valence-electron chi connectivity index (χ4n) is 2.24. The van der Waals surface area contributed by atoms with Gasteiger partial charge in [-0.05, 0) is 31.4 Å². The molecule has 0 fully saturated rings. The van der Waals surface area contributed by atoms with Crippen LogP contribution in [0.1, 0.15) is 42.0 Å². The number of nitrogens with two attached hydrogens (primary N) is 1. The summed E-state index contributed by atoms with van der Waals surface area (Å²) >= 11 is 0. The van der Waals surface area contributed by atoms with Gasteiger partial charge in [-0.25, -0.2) is 4.68 Å². The number of aryl methyl sites for hydroxylation is 3. The zero-order valence-corrected chi connectivity index (χ0v) is 13.4. The quantitative estimate of drug-likeness (QED) is 0.887. The fourth-order valence-corrected chi connectivity index (χ4v) is 2.24. The molecule has 0 saturated carbocycles. The highest BCUT2D eigenvalue weighted by atomic mass is 16.5. The summed E-state index contributed by atoms with van der Waals surface area (Å²) in [5.41, 5.74) is 9.72. The largest absolute Gasteiger partial charge is 0.471 e. The normalized spacial score (nSPS) is 10.5. The second kappa shape index (κ2) is 6.99. The maximum absolute atomic E-state index is 9.27. The third kappa shape index (κ3) is 3.40. The van der Waals surface area contributed by atoms with Gasteiger partial charge >= 0.3 is 0 Å². The summed E-state index contributed by atoms with van der Waals surface area (Å²) in [6.45, 7) is 7.26. The molecule has 2 aromatic rings. The van der Waals surface area contributed by atoms with Gasteiger partial charge in [-0.3, -0.25) is 0 Å². The molecule has 1 aromatic heterocycles. The number of hydrogen-bond donors (Lipinski definition) is 1. The molecule has 22 heavy (non-hydrogen) atoms. The van der Waals surface area contributed by atoms with Crippen molar-refractivity contribution in [2.24, 2.45) is 0 Å². The summed E-state index contributed by atoms with van der Waals surface area (Å²) in [7, 11) is 0. The molecule has 0 radical (unpaired) electrons. The molecule has 0 aliphatic rings. The van der Waals surface area contributed by atoms with Gasteiger partial charge < -0.3 is 10.5 Å². The molecule has 0 bridgehead atoms. The van der Waals surface area contributed by atoms with E-state index in [1.54, 1.807) is 4.68 Å². The first-order valence-corrected chi connectivity index (χ1v) is 7.52. The number of nitriles is 1. The maximum Gasteiger partial charge on any atom is 0.253 e. The summed E-state index contributed by atoms with van der Waals surface area (Å²) in [6, 6.07) is 8.30. The fraction of sp³-hybridized carbons (Fsp3) is 0.412. The Morgan fingerprint density at radius 2 is 2.14 bits per heavy atom. The van der Waals surface area contributed by atoms with Crippen LogP contribution >= 0.6 is 0 Å². The van der Waals surface area contributed by atoms with Crippen molar-refractivity contribution in [3.63, 3.8) is 0 Å². The van der Waals surface area contributed by atoms with Crippen molar-refractivity contribution < 1.29 is 4.74 Å². The van der Waals surface area contributed by atoms with Crippen LogP contribution in [0.2, 0.25) is 0 Å². The highest BCUT2D eigenvalue weighted by Gasteiger charge is 2.16. The Labute approximate surface area is 131 Å². The van der Waals surface area contributed by atoms with Crippen LogP contribution in [0, 0.1) is 25.2 Å². The molecule has 1 aromatic carbocycles. The van der Waals surface area contributed by atoms with Gasteiger partial charge in [0.15, 0.2) is 5.56 Å². The zero-order valence-electron chi connectivity index (χ0n) is 13.4. The van der Waals surface area contributed by atoms with E-state index in [-0.39, 0.29) is 0 Å². The van der Waals surface area contributed by atoms with Gasteiger partial charge in [0.25, 0.3) is 5.88 Å². The van der Waals surface area contributed by atoms with Gasteiger partial charge in [0.1, 0.15) is 18.5 Å². The lowest BCUT2D eigenvalue weighted by Gasteiger charge is -2.08. The number of nitrogen functional groups attached to an aromatic ring is 1. The molecule has 5 heteroatoms. The molecule has 2 N–H and O–H groups in total. The first-order chi connectivity index (χ1) is 10.6. The SMILES string of the molecule is CCCCn1nc(OCc2cc(C)ccc2C)c(C#N)c1N. The van der Waals surface area contributed by atoms with Crippen LogP contribution in [0.25, 0.3) is 0 Å². The Bertz CT molecular complexity index is 697. The molecule has 2 rings (SSSR count). The summed E-state index contributed by atoms with van der Waals surface area (Å²) in [5.74, 6) is 0.698. The third-order valence-corrected chi connectivity index (χ3v) is 3.66. The monoisotopic (exact) mass is 298 g/mol. The molecule has 116 valence electrons. The van der Waals surface area contributed by atoms with E-state index in [0.717, 1.165) is 24.0 Å². The molecule has 0 unspecified atom stereocenters. The molecule has 1 heterocycles. The van der Waals surface area contributed by atoms with Crippen LogP contribution < -0.4 is 10.5 Å². The zero-order chi connectivity index (χ0) is 16.1. The minimum Gasteiger partial charge on any atom is -0.471 e. The number of anilines is 1. The van der Waals surface area contributed by atoms with Gasteiger partial charge in [-0.15, -0.1) is 5.10 Å². The summed E-state index contributed by atoms with van der Waals surface area (Å²) < 4.78 is 7.41. The van der Waals surface area contributed by atoms with E-state index >= 15 is 0 Å². The number of hydrogen-bond acceptors (Lipinski definition) is 4. The van der Waals surface area contributed by atoms with Crippen LogP contribution in [-0.4, -0.2) is 9.78 Å². The highest BCUT2D eigenvalue weighted by Crippen LogP contribution is 2.24. The topological polar surface area (TPSA) is 76.9 Å². The standard InChI is InChI=1S/C17H22N4O/c1-4-5-8-21-16(19)15(10-18)17(20-21)22-11-14-9-12(2)6-7-13(14)3/h6-7,9H,4-5,8,11,19H2,1-3H3. The van der Waals surface area contributed by atoms with Crippen molar-refractivity contribution in [2.75, 3.05) is 5.73 Å². The van der Waals surface area contributed by atoms with E-state index in [0.29, 0.717) is 30.4 Å². The van der Waals surface area contributed by atoms with E-state index in [4.69, 9.17) is 10.5 Å². The Balaban J connectivity index is 2.19. The molecule has 0 spiro atoms. The number of unbranched alkanes of at least 4 members (excludes halogenated alkanes) is 1. The first-order valence-electron chi connectivity index (χ1n) is 7.52. The predicted octanol–water partition coefficient (Wildman–Crippen LogP) is 3.33. The Morgan fingerprint density at radius 1 is 1.36 bits per heavy atom. The van der Waals surface area contributed by atoms with Crippen molar-refractivity contribution >= 4 is 5.82 Å². The lowest BCUT2D eigenvalue weighted by molar-refractivity contribution is 0.287. The summed E-state index contributed by atoms with van der Waals surface area (Å²) in [5, 5.41) is 13.6. The van der Waals surface area contributed by atoms with E-state index in [2.05, 4.69) is 36.3 Å². The first kappa shape index (κ1) is 15.9. The van der Waals surface area contributed by atoms with Crippen LogP contribution in [0.15, 0.2) is 18.2 Å². The number of aromatic nitrogens is 2. The number of benzene rings is 1. The van der Waals surface area contributed by atoms with Crippen LogP contribution in [0.5, 0.6) is 5.88 Å². The summed E-state index contributed by atoms with van der Waals surface area (Å²) in [4.78, 5) is 0. The number of ether oxygens (including phenoxy) is 1. The van der Waals surface area contributed by atoms with Crippen molar-refractivity contribution in [1.82, 2.24) is 9.78 Å². The minimum absolute atomic E-state index is 0.317. The van der Waals surface area contributed by atoms with Gasteiger partial charge in [0.2, 0.25) is 0 Å². The van der Waals surface area contributed by atoms with Gasteiger partial charge in [0.05, 0.1) is 0 Å². The van der Waals surface area contributed by atoms with E-state index in [1.807, 2.05) is 13.8 Å². The van der Waals surface area contributed by atoms with Gasteiger partial charge in [0, 0.05) is 6.54 Å². The number of nitrogens with zero attached hydrogens (tertiary/aromatic N) is 3. The van der Waals surface area contributed by atoms with Gasteiger partial charge in [-0.2, -0.15) is 5.26 Å². The van der Waals surface area contributed by atoms with Crippen molar-refractivity contribution in [3.8, 4) is 11.9 Å². The molecule has 0 saturated heterocycles. The molecule has 0 amide bonds. The Kier molecular flexibility index (Phi) is 5.05. The molecule has 0 aliphatic carbocycles. The van der Waals surface area contributed by atoms with Crippen molar-refractivity contribution in [1.29, 1.82) is 5.26 Å². The summed E-state index contributed by atoms with van der Waals surface area (Å²) in [6.07, 6.45) is 2.01. The second-order valence-electron chi connectivity index (χ2n) is 5.47. The van der Waals surface area contributed by atoms with Gasteiger partial charge in [-0.1, -0.05) is 37.1 Å². The molecular weight excluding hydrogens is 276 g/mol. The average molecular weight is 298 g/mol. The van der Waals surface area contributed by atoms with Crippen molar-refractivity contribution in [2.45, 2.75) is 46.8 Å². The van der Waals surface area contributed by atoms with Crippen LogP contribution in [-0.2, 0) is 13.2 Å². The van der Waals surface area contributed by atoms with Crippen molar-refractivity contribution in [3.05, 3.63) is 40.5 Å². The number of rotatable bonds is 6. The van der Waals surface area contributed by atoms with Crippen LogP contribution in [0.3, 0.4) is 0 Å². The highest BCUT2D eigenvalue weighted by molar-refractivity contribution is 5.55. The average Bonchev–Trinajstić information content (AvgIpc) is 2.81. The third-order valence-electron chi connectivity index (χ3n) is 3.66. The lowest BCUT2D eigenvalue weighted by Crippen LogP contribution is -2.05. The molecule has 5 nitrogen and oxygen atoms in total. The second-order valence-corrected chi connectivity index (χ2v) is 5.47. The van der Waals surface area contributed by atoms with E-state index in [1.165, 1.54) is 5.56 Å². The Morgan fingerprint density at radius 3 is 2.82 bits per heavy atom. The minimum atomic E-state index is 0.317. The van der Waals surface area contributed by atoms with Crippen LogP contribution in [0.4, 0.5) is 5.82 Å². The Hall–Kier alpha value is -2.48. The smallest absolute Gasteiger partial charge is 0.253 e. The molecule has 0 atom stereocenters. The maximum atomic E-state index is 9.27. The van der Waals surface area contributed by atoms with E-state index in [9.17, 15) is 5.26 Å². The molecular formula is C17H22N4O. The predicted molar refractivity (Wildman–Crippen MR) is 86.5 cm³/mol.